The van der Waals surface area contributed by atoms with E-state index in [0.717, 1.165) is 12.0 Å². The lowest BCUT2D eigenvalue weighted by Gasteiger charge is -2.50. The van der Waals surface area contributed by atoms with Crippen molar-refractivity contribution in [2.75, 3.05) is 46.5 Å². The van der Waals surface area contributed by atoms with Gasteiger partial charge in [0.1, 0.15) is 6.10 Å². The number of hydrogen-bond donors (Lipinski definition) is 1. The van der Waals surface area contributed by atoms with Crippen molar-refractivity contribution in [1.82, 2.24) is 24.9 Å². The second-order valence-corrected chi connectivity index (χ2v) is 12.7. The van der Waals surface area contributed by atoms with Gasteiger partial charge in [0.25, 0.3) is 5.91 Å². The van der Waals surface area contributed by atoms with Gasteiger partial charge in [-0.3, -0.25) is 19.1 Å². The Kier molecular flexibility index (Phi) is 6.94. The van der Waals surface area contributed by atoms with Crippen LogP contribution in [0, 0.1) is 22.7 Å². The van der Waals surface area contributed by atoms with E-state index in [0.29, 0.717) is 57.9 Å². The Morgan fingerprint density at radius 3 is 2.52 bits per heavy atom. The first kappa shape index (κ1) is 27.0. The highest BCUT2D eigenvalue weighted by molar-refractivity contribution is 5.95. The quantitative estimate of drug-likeness (QED) is 0.565. The fraction of sp³-hybridized carbons (Fsp3) is 0.600. The highest BCUT2D eigenvalue weighted by Crippen LogP contribution is 2.54. The highest BCUT2D eigenvalue weighted by atomic mass is 16.5. The van der Waals surface area contributed by atoms with Crippen molar-refractivity contribution in [3.8, 4) is 0 Å². The van der Waals surface area contributed by atoms with Crippen LogP contribution in [0.15, 0.2) is 42.7 Å². The molecule has 0 radical (unpaired) electrons. The number of amides is 3. The summed E-state index contributed by atoms with van der Waals surface area (Å²) >= 11 is 0. The molecule has 3 aliphatic heterocycles. The van der Waals surface area contributed by atoms with Crippen LogP contribution in [0.3, 0.4) is 0 Å². The fourth-order valence-corrected chi connectivity index (χ4v) is 6.69. The maximum Gasteiger partial charge on any atom is 0.257 e. The number of carbonyl (C=O) groups excluding carboxylic acids is 3. The van der Waals surface area contributed by atoms with E-state index in [1.165, 1.54) is 0 Å². The number of methoxy groups -OCH3 is 1. The van der Waals surface area contributed by atoms with Gasteiger partial charge in [-0.15, -0.1) is 0 Å². The molecule has 1 saturated carbocycles. The summed E-state index contributed by atoms with van der Waals surface area (Å²) in [6.07, 6.45) is 4.74. The number of nitrogens with zero attached hydrogens (tertiary/aromatic N) is 4. The van der Waals surface area contributed by atoms with Crippen LogP contribution in [0.2, 0.25) is 0 Å². The number of likely N-dealkylation sites (tertiary alicyclic amines) is 2. The summed E-state index contributed by atoms with van der Waals surface area (Å²) in [6, 6.07) is 9.83. The number of aromatic nitrogens is 2. The van der Waals surface area contributed by atoms with Gasteiger partial charge < -0.3 is 24.6 Å². The van der Waals surface area contributed by atoms with Gasteiger partial charge in [0.05, 0.1) is 36.9 Å². The summed E-state index contributed by atoms with van der Waals surface area (Å²) in [5.41, 5.74) is 1.19. The van der Waals surface area contributed by atoms with Crippen molar-refractivity contribution in [3.63, 3.8) is 0 Å². The van der Waals surface area contributed by atoms with E-state index in [1.807, 2.05) is 35.2 Å². The third-order valence-corrected chi connectivity index (χ3v) is 9.39. The third-order valence-electron chi connectivity index (χ3n) is 9.39. The normalized spacial score (nSPS) is 28.3. The van der Waals surface area contributed by atoms with Crippen LogP contribution in [0.25, 0.3) is 0 Å². The first-order valence-electron chi connectivity index (χ1n) is 14.2. The predicted molar refractivity (Wildman–Crippen MR) is 146 cm³/mol. The zero-order valence-corrected chi connectivity index (χ0v) is 23.5. The molecule has 10 nitrogen and oxygen atoms in total. The van der Waals surface area contributed by atoms with Gasteiger partial charge in [0, 0.05) is 57.4 Å². The van der Waals surface area contributed by atoms with Crippen molar-refractivity contribution in [2.45, 2.75) is 45.4 Å². The average molecular weight is 550 g/mol. The van der Waals surface area contributed by atoms with E-state index in [1.54, 1.807) is 29.1 Å². The number of ether oxygens (including phenoxy) is 2. The van der Waals surface area contributed by atoms with Crippen LogP contribution in [0.5, 0.6) is 0 Å². The van der Waals surface area contributed by atoms with Gasteiger partial charge in [-0.05, 0) is 23.8 Å². The summed E-state index contributed by atoms with van der Waals surface area (Å²) in [4.78, 5) is 44.2. The molecule has 1 N–H and O–H groups in total. The number of nitrogens with one attached hydrogen (secondary N) is 1. The molecular formula is C30H39N5O5. The zero-order valence-electron chi connectivity index (χ0n) is 23.5. The van der Waals surface area contributed by atoms with Gasteiger partial charge in [0.15, 0.2) is 0 Å². The molecule has 1 aliphatic carbocycles. The molecule has 214 valence electrons. The Morgan fingerprint density at radius 1 is 1.10 bits per heavy atom. The molecule has 40 heavy (non-hydrogen) atoms. The molecule has 1 spiro atoms. The van der Waals surface area contributed by atoms with Crippen molar-refractivity contribution < 1.29 is 23.9 Å². The minimum atomic E-state index is -0.456. The molecule has 4 heterocycles. The molecule has 4 atom stereocenters. The summed E-state index contributed by atoms with van der Waals surface area (Å²) in [6.45, 7) is 7.56. The number of carbonyl (C=O) groups is 3. The molecule has 3 amide bonds. The maximum absolute atomic E-state index is 13.8. The molecule has 1 aromatic carbocycles. The third kappa shape index (κ3) is 5.03. The van der Waals surface area contributed by atoms with E-state index < -0.39 is 11.3 Å². The summed E-state index contributed by atoms with van der Waals surface area (Å²) in [5, 5.41) is 7.62. The van der Waals surface area contributed by atoms with Crippen LogP contribution in [0.1, 0.15) is 42.6 Å². The molecule has 0 unspecified atom stereocenters. The molecule has 1 aromatic heterocycles. The van der Waals surface area contributed by atoms with E-state index >= 15 is 0 Å². The lowest BCUT2D eigenvalue weighted by atomic mass is 9.70. The Bertz CT molecular complexity index is 1270. The number of benzene rings is 1. The van der Waals surface area contributed by atoms with Crippen molar-refractivity contribution >= 4 is 17.7 Å². The summed E-state index contributed by atoms with van der Waals surface area (Å²) < 4.78 is 12.8. The predicted octanol–water partition coefficient (Wildman–Crippen LogP) is 1.80. The maximum atomic E-state index is 13.8. The van der Waals surface area contributed by atoms with Crippen molar-refractivity contribution in [3.05, 3.63) is 53.9 Å². The van der Waals surface area contributed by atoms with Crippen molar-refractivity contribution in [1.29, 1.82) is 0 Å². The van der Waals surface area contributed by atoms with Crippen LogP contribution in [0.4, 0.5) is 0 Å². The van der Waals surface area contributed by atoms with E-state index in [4.69, 9.17) is 9.47 Å². The molecule has 2 aromatic rings. The van der Waals surface area contributed by atoms with Gasteiger partial charge in [-0.1, -0.05) is 44.2 Å². The Morgan fingerprint density at radius 2 is 1.82 bits per heavy atom. The Labute approximate surface area is 235 Å². The molecule has 4 aliphatic rings. The number of rotatable bonds is 7. The molecule has 3 saturated heterocycles. The van der Waals surface area contributed by atoms with Crippen LogP contribution < -0.4 is 5.32 Å². The molecule has 0 bridgehead atoms. The minimum Gasteiger partial charge on any atom is -0.379 e. The van der Waals surface area contributed by atoms with Gasteiger partial charge >= 0.3 is 0 Å². The van der Waals surface area contributed by atoms with E-state index in [9.17, 15) is 14.4 Å². The van der Waals surface area contributed by atoms with Gasteiger partial charge in [-0.25, -0.2) is 0 Å². The van der Waals surface area contributed by atoms with Crippen LogP contribution >= 0.6 is 0 Å². The first-order valence-corrected chi connectivity index (χ1v) is 14.2. The molecular weight excluding hydrogens is 510 g/mol. The van der Waals surface area contributed by atoms with Gasteiger partial charge in [-0.2, -0.15) is 5.10 Å². The lowest BCUT2D eigenvalue weighted by molar-refractivity contribution is -0.152. The smallest absolute Gasteiger partial charge is 0.257 e. The zero-order chi connectivity index (χ0) is 28.1. The lowest BCUT2D eigenvalue weighted by Crippen LogP contribution is -2.65. The Hall–Kier alpha value is -3.24. The fourth-order valence-electron chi connectivity index (χ4n) is 6.69. The summed E-state index contributed by atoms with van der Waals surface area (Å²) in [7, 11) is 1.63. The second kappa shape index (κ2) is 10.3. The van der Waals surface area contributed by atoms with Crippen LogP contribution in [-0.2, 0) is 25.6 Å². The molecule has 4 fully saturated rings. The molecule has 6 rings (SSSR count). The summed E-state index contributed by atoms with van der Waals surface area (Å²) in [5.74, 6) is -0.403. The van der Waals surface area contributed by atoms with E-state index in [-0.39, 0.29) is 41.2 Å². The number of hydrogen-bond acceptors (Lipinski definition) is 6. The van der Waals surface area contributed by atoms with Gasteiger partial charge in [0.2, 0.25) is 11.8 Å². The van der Waals surface area contributed by atoms with E-state index in [2.05, 4.69) is 24.3 Å². The SMILES string of the molecule is CO[C@H]1COCC[C@H]1NC(=O)[C@@H]1CN(C(=O)c2cnn(Cc3ccccc3)c2)CC12CN(C(=O)[C@H]1CC1(C)C)C2. The first-order chi connectivity index (χ1) is 19.2. The largest absolute Gasteiger partial charge is 0.379 e. The highest BCUT2D eigenvalue weighted by Gasteiger charge is 2.62. The van der Waals surface area contributed by atoms with Crippen LogP contribution in [-0.4, -0.2) is 96.0 Å². The average Bonchev–Trinajstić information content (AvgIpc) is 3.26. The molecule has 10 heteroatoms. The topological polar surface area (TPSA) is 106 Å². The standard InChI is InChI=1S/C30H39N5O5/c1-29(2)11-22(29)28(38)34-18-30(19-34)17-33(15-23(30)26(36)32-24-9-10-40-16-25(24)39-3)27(37)21-12-31-35(14-21)13-20-7-5-4-6-8-20/h4-8,12,14,22-25H,9-11,13,15-19H2,1-3H3,(H,32,36)/t22-,23+,24-,25+/m1/s1. The Balaban J connectivity index is 1.17. The second-order valence-electron chi connectivity index (χ2n) is 12.7. The van der Waals surface area contributed by atoms with Crippen molar-refractivity contribution in [2.24, 2.45) is 22.7 Å². The monoisotopic (exact) mass is 549 g/mol. The minimum absolute atomic E-state index is 0.0480.